The van der Waals surface area contributed by atoms with Crippen LogP contribution >= 0.6 is 0 Å². The van der Waals surface area contributed by atoms with E-state index in [1.165, 1.54) is 0 Å². The van der Waals surface area contributed by atoms with Gasteiger partial charge >= 0.3 is 0 Å². The van der Waals surface area contributed by atoms with Crippen molar-refractivity contribution in [2.75, 3.05) is 11.1 Å². The highest BCUT2D eigenvalue weighted by molar-refractivity contribution is 7.85. The summed E-state index contributed by atoms with van der Waals surface area (Å²) >= 11 is 0. The molecule has 0 spiro atoms. The molecule has 4 nitrogen and oxygen atoms in total. The van der Waals surface area contributed by atoms with E-state index in [1.807, 2.05) is 31.2 Å². The number of rotatable bonds is 4. The standard InChI is InChI=1S/C18H21N3OS/c1-2-23(22)15-7-5-6-14(10-15)21-18-13(11-19)12-20-17-9-4-3-8-16(17)18/h3-4,8-9,12,14-15H,2,5-7,10H2,1H3,(H,20,21). The van der Waals surface area contributed by atoms with Crippen molar-refractivity contribution in [2.45, 2.75) is 43.9 Å². The van der Waals surface area contributed by atoms with Crippen LogP contribution in [0, 0.1) is 11.3 Å². The van der Waals surface area contributed by atoms with E-state index in [0.29, 0.717) is 5.56 Å². The van der Waals surface area contributed by atoms with Gasteiger partial charge in [-0.1, -0.05) is 31.5 Å². The van der Waals surface area contributed by atoms with Crippen molar-refractivity contribution < 1.29 is 4.21 Å². The van der Waals surface area contributed by atoms with E-state index < -0.39 is 10.8 Å². The predicted octanol–water partition coefficient (Wildman–Crippen LogP) is 3.60. The van der Waals surface area contributed by atoms with Crippen LogP contribution < -0.4 is 5.32 Å². The maximum atomic E-state index is 12.1. The third-order valence-electron chi connectivity index (χ3n) is 4.53. The van der Waals surface area contributed by atoms with Crippen molar-refractivity contribution in [2.24, 2.45) is 0 Å². The highest BCUT2D eigenvalue weighted by Gasteiger charge is 2.26. The Labute approximate surface area is 139 Å². The van der Waals surface area contributed by atoms with Gasteiger partial charge in [-0.15, -0.1) is 0 Å². The van der Waals surface area contributed by atoms with Crippen molar-refractivity contribution in [3.8, 4) is 6.07 Å². The van der Waals surface area contributed by atoms with Gasteiger partial charge in [0.2, 0.25) is 0 Å². The van der Waals surface area contributed by atoms with Gasteiger partial charge in [0.25, 0.3) is 0 Å². The Morgan fingerprint density at radius 3 is 3.00 bits per heavy atom. The average Bonchev–Trinajstić information content (AvgIpc) is 2.61. The van der Waals surface area contributed by atoms with Crippen molar-refractivity contribution in [3.63, 3.8) is 0 Å². The summed E-state index contributed by atoms with van der Waals surface area (Å²) < 4.78 is 12.1. The molecule has 3 rings (SSSR count). The third-order valence-corrected chi connectivity index (χ3v) is 6.27. The molecule has 1 N–H and O–H groups in total. The van der Waals surface area contributed by atoms with Gasteiger partial charge in [-0.25, -0.2) is 0 Å². The van der Waals surface area contributed by atoms with E-state index in [4.69, 9.17) is 0 Å². The first kappa shape index (κ1) is 15.9. The monoisotopic (exact) mass is 327 g/mol. The highest BCUT2D eigenvalue weighted by atomic mass is 32.2. The zero-order valence-corrected chi connectivity index (χ0v) is 14.1. The Hall–Kier alpha value is -1.93. The van der Waals surface area contributed by atoms with Gasteiger partial charge in [0.1, 0.15) is 6.07 Å². The molecule has 0 bridgehead atoms. The maximum Gasteiger partial charge on any atom is 0.103 e. The molecule has 1 fully saturated rings. The van der Waals surface area contributed by atoms with E-state index in [1.54, 1.807) is 6.20 Å². The van der Waals surface area contributed by atoms with Crippen LogP contribution in [0.25, 0.3) is 10.9 Å². The van der Waals surface area contributed by atoms with Crippen molar-refractivity contribution >= 4 is 27.4 Å². The molecule has 3 unspecified atom stereocenters. The molecule has 1 saturated carbocycles. The minimum atomic E-state index is -0.744. The molecule has 1 heterocycles. The number of nitriles is 1. The Bertz CT molecular complexity index is 768. The zero-order valence-electron chi connectivity index (χ0n) is 13.3. The minimum Gasteiger partial charge on any atom is -0.381 e. The summed E-state index contributed by atoms with van der Waals surface area (Å²) in [6, 6.07) is 10.4. The predicted molar refractivity (Wildman–Crippen MR) is 94.8 cm³/mol. The first-order chi connectivity index (χ1) is 11.2. The second-order valence-electron chi connectivity index (χ2n) is 5.98. The summed E-state index contributed by atoms with van der Waals surface area (Å²) in [6.45, 7) is 1.98. The second-order valence-corrected chi connectivity index (χ2v) is 7.98. The van der Waals surface area contributed by atoms with Crippen LogP contribution in [0.15, 0.2) is 30.5 Å². The van der Waals surface area contributed by atoms with Crippen LogP contribution in [0.5, 0.6) is 0 Å². The number of para-hydroxylation sites is 1. The van der Waals surface area contributed by atoms with Crippen LogP contribution in [0.2, 0.25) is 0 Å². The fourth-order valence-corrected chi connectivity index (χ4v) is 4.68. The average molecular weight is 327 g/mol. The molecule has 5 heteroatoms. The second kappa shape index (κ2) is 7.10. The quantitative estimate of drug-likeness (QED) is 0.932. The summed E-state index contributed by atoms with van der Waals surface area (Å²) in [5.41, 5.74) is 2.33. The lowest BCUT2D eigenvalue weighted by molar-refractivity contribution is 0.465. The number of fused-ring (bicyclic) bond motifs is 1. The van der Waals surface area contributed by atoms with Gasteiger partial charge in [-0.2, -0.15) is 5.26 Å². The first-order valence-corrected chi connectivity index (χ1v) is 9.52. The molecule has 0 saturated heterocycles. The third kappa shape index (κ3) is 3.37. The molecule has 0 amide bonds. The Kier molecular flexibility index (Phi) is 4.92. The summed E-state index contributed by atoms with van der Waals surface area (Å²) in [7, 11) is -0.744. The molecule has 1 aliphatic carbocycles. The first-order valence-electron chi connectivity index (χ1n) is 8.14. The SMILES string of the molecule is CCS(=O)C1CCCC(Nc2c(C#N)cnc3ccccc23)C1. The van der Waals surface area contributed by atoms with Gasteiger partial charge in [0.05, 0.1) is 16.8 Å². The molecule has 0 radical (unpaired) electrons. The Morgan fingerprint density at radius 1 is 1.39 bits per heavy atom. The lowest BCUT2D eigenvalue weighted by Gasteiger charge is -2.30. The van der Waals surface area contributed by atoms with Gasteiger partial charge in [0, 0.05) is 39.4 Å². The number of hydrogen-bond donors (Lipinski definition) is 1. The smallest absolute Gasteiger partial charge is 0.103 e. The van der Waals surface area contributed by atoms with Crippen LogP contribution in [-0.2, 0) is 10.8 Å². The fraction of sp³-hybridized carbons (Fsp3) is 0.444. The molecular formula is C18H21N3OS. The van der Waals surface area contributed by atoms with Crippen molar-refractivity contribution in [1.82, 2.24) is 4.98 Å². The number of hydrogen-bond acceptors (Lipinski definition) is 4. The van der Waals surface area contributed by atoms with Crippen molar-refractivity contribution in [1.29, 1.82) is 5.26 Å². The normalized spacial score (nSPS) is 22.4. The minimum absolute atomic E-state index is 0.266. The van der Waals surface area contributed by atoms with E-state index in [2.05, 4.69) is 16.4 Å². The topological polar surface area (TPSA) is 65.8 Å². The number of benzene rings is 1. The number of aromatic nitrogens is 1. The van der Waals surface area contributed by atoms with E-state index >= 15 is 0 Å². The maximum absolute atomic E-state index is 12.1. The molecule has 2 aromatic rings. The zero-order chi connectivity index (χ0) is 16.2. The van der Waals surface area contributed by atoms with Crippen molar-refractivity contribution in [3.05, 3.63) is 36.0 Å². The summed E-state index contributed by atoms with van der Waals surface area (Å²) in [5, 5.41) is 14.2. The number of nitrogens with zero attached hydrogens (tertiary/aromatic N) is 2. The van der Waals surface area contributed by atoms with E-state index in [-0.39, 0.29) is 11.3 Å². The van der Waals surface area contributed by atoms with Crippen LogP contribution in [0.4, 0.5) is 5.69 Å². The number of pyridine rings is 1. The molecule has 23 heavy (non-hydrogen) atoms. The highest BCUT2D eigenvalue weighted by Crippen LogP contribution is 2.30. The molecule has 1 aromatic carbocycles. The van der Waals surface area contributed by atoms with Gasteiger partial charge in [-0.3, -0.25) is 9.19 Å². The van der Waals surface area contributed by atoms with E-state index in [9.17, 15) is 9.47 Å². The van der Waals surface area contributed by atoms with Gasteiger partial charge < -0.3 is 5.32 Å². The lowest BCUT2D eigenvalue weighted by Crippen LogP contribution is -2.33. The lowest BCUT2D eigenvalue weighted by atomic mass is 9.94. The Balaban J connectivity index is 1.89. The van der Waals surface area contributed by atoms with Crippen LogP contribution in [0.3, 0.4) is 0 Å². The largest absolute Gasteiger partial charge is 0.381 e. The van der Waals surface area contributed by atoms with Crippen LogP contribution in [0.1, 0.15) is 38.2 Å². The van der Waals surface area contributed by atoms with Gasteiger partial charge in [-0.05, 0) is 25.3 Å². The molecule has 0 aliphatic heterocycles. The Morgan fingerprint density at radius 2 is 2.22 bits per heavy atom. The number of nitrogens with one attached hydrogen (secondary N) is 1. The molecular weight excluding hydrogens is 306 g/mol. The summed E-state index contributed by atoms with van der Waals surface area (Å²) in [6.07, 6.45) is 5.72. The molecule has 120 valence electrons. The molecule has 1 aromatic heterocycles. The fourth-order valence-electron chi connectivity index (χ4n) is 3.34. The summed E-state index contributed by atoms with van der Waals surface area (Å²) in [4.78, 5) is 4.35. The molecule has 1 aliphatic rings. The number of anilines is 1. The molecule has 3 atom stereocenters. The summed E-state index contributed by atoms with van der Waals surface area (Å²) in [5.74, 6) is 0.721. The van der Waals surface area contributed by atoms with E-state index in [0.717, 1.165) is 48.0 Å². The van der Waals surface area contributed by atoms with Crippen LogP contribution in [-0.4, -0.2) is 26.2 Å². The van der Waals surface area contributed by atoms with Gasteiger partial charge in [0.15, 0.2) is 0 Å².